The average Bonchev–Trinajstić information content (AvgIpc) is 3.44. The highest BCUT2D eigenvalue weighted by Gasteiger charge is 2.31. The summed E-state index contributed by atoms with van der Waals surface area (Å²) in [7, 11) is 1.71. The molecule has 2 heterocycles. The van der Waals surface area contributed by atoms with Crippen molar-refractivity contribution in [3.8, 4) is 11.1 Å². The number of carbonyl (C=O) groups excluding carboxylic acids is 2. The van der Waals surface area contributed by atoms with Gasteiger partial charge in [0.25, 0.3) is 5.91 Å². The molecule has 0 unspecified atom stereocenters. The minimum atomic E-state index is -4.42. The van der Waals surface area contributed by atoms with E-state index in [1.54, 1.807) is 24.7 Å². The van der Waals surface area contributed by atoms with E-state index in [1.165, 1.54) is 12.1 Å². The van der Waals surface area contributed by atoms with Gasteiger partial charge in [0.1, 0.15) is 11.8 Å². The van der Waals surface area contributed by atoms with E-state index in [0.717, 1.165) is 28.8 Å². The fourth-order valence-electron chi connectivity index (χ4n) is 4.57. The monoisotopic (exact) mass is 537 g/mol. The number of halogens is 3. The summed E-state index contributed by atoms with van der Waals surface area (Å²) in [6.07, 6.45) is 2.08. The molecule has 1 saturated heterocycles. The van der Waals surface area contributed by atoms with E-state index < -0.39 is 17.6 Å². The third-order valence-corrected chi connectivity index (χ3v) is 6.50. The van der Waals surface area contributed by atoms with Gasteiger partial charge in [0, 0.05) is 42.0 Å². The number of nitrogens with one attached hydrogen (secondary N) is 2. The van der Waals surface area contributed by atoms with Crippen LogP contribution in [0.4, 0.5) is 13.2 Å². The Morgan fingerprint density at radius 1 is 1.23 bits per heavy atom. The number of aryl methyl sites for hydroxylation is 1. The van der Waals surface area contributed by atoms with Crippen molar-refractivity contribution < 1.29 is 22.8 Å². The topological polar surface area (TPSA) is 102 Å². The molecule has 0 aliphatic carbocycles. The van der Waals surface area contributed by atoms with Gasteiger partial charge >= 0.3 is 6.18 Å². The van der Waals surface area contributed by atoms with E-state index >= 15 is 0 Å². The second kappa shape index (κ2) is 11.2. The molecule has 10 heteroatoms. The number of benzene rings is 2. The summed E-state index contributed by atoms with van der Waals surface area (Å²) in [6, 6.07) is 10.8. The summed E-state index contributed by atoms with van der Waals surface area (Å²) in [5.41, 5.74) is 8.95. The molecule has 39 heavy (non-hydrogen) atoms. The molecule has 0 radical (unpaired) electrons. The molecule has 0 saturated carbocycles. The number of primary amides is 1. The Kier molecular flexibility index (Phi) is 7.94. The van der Waals surface area contributed by atoms with Gasteiger partial charge in [-0.3, -0.25) is 9.59 Å². The van der Waals surface area contributed by atoms with Crippen molar-refractivity contribution in [2.24, 2.45) is 17.8 Å². The first-order valence-electron chi connectivity index (χ1n) is 12.6. The first-order valence-corrected chi connectivity index (χ1v) is 12.6. The molecule has 1 atom stereocenters. The lowest BCUT2D eigenvalue weighted by atomic mass is 10.0. The van der Waals surface area contributed by atoms with Crippen LogP contribution in [-0.4, -0.2) is 34.7 Å². The molecule has 1 aliphatic heterocycles. The van der Waals surface area contributed by atoms with Crippen molar-refractivity contribution in [2.45, 2.75) is 38.9 Å². The highest BCUT2D eigenvalue weighted by atomic mass is 19.4. The Hall–Kier alpha value is -4.34. The number of nitrogens with zero attached hydrogens (tertiary/aromatic N) is 2. The Balaban J connectivity index is 1.64. The van der Waals surface area contributed by atoms with E-state index in [0.29, 0.717) is 41.7 Å². The lowest BCUT2D eigenvalue weighted by molar-refractivity contribution is -0.137. The van der Waals surface area contributed by atoms with Crippen molar-refractivity contribution in [2.75, 3.05) is 6.54 Å². The lowest BCUT2D eigenvalue weighted by Crippen LogP contribution is -2.35. The number of fused-ring (bicyclic) bond motifs is 1. The molecule has 7 nitrogen and oxygen atoms in total. The summed E-state index contributed by atoms with van der Waals surface area (Å²) >= 11 is 0. The van der Waals surface area contributed by atoms with E-state index in [2.05, 4.69) is 15.6 Å². The van der Waals surface area contributed by atoms with E-state index in [-0.39, 0.29) is 17.7 Å². The molecule has 0 spiro atoms. The van der Waals surface area contributed by atoms with Gasteiger partial charge in [0.2, 0.25) is 5.91 Å². The normalized spacial score (nSPS) is 17.0. The summed E-state index contributed by atoms with van der Waals surface area (Å²) < 4.78 is 41.3. The Bertz CT molecular complexity index is 1500. The maximum absolute atomic E-state index is 13.2. The van der Waals surface area contributed by atoms with E-state index in [1.807, 2.05) is 37.3 Å². The fourth-order valence-corrected chi connectivity index (χ4v) is 4.57. The van der Waals surface area contributed by atoms with Crippen molar-refractivity contribution in [1.29, 1.82) is 0 Å². The number of aromatic nitrogens is 1. The maximum atomic E-state index is 13.2. The Morgan fingerprint density at radius 2 is 1.95 bits per heavy atom. The van der Waals surface area contributed by atoms with Gasteiger partial charge in [-0.15, -0.1) is 0 Å². The first-order chi connectivity index (χ1) is 18.5. The van der Waals surface area contributed by atoms with Gasteiger partial charge in [-0.1, -0.05) is 43.3 Å². The van der Waals surface area contributed by atoms with Crippen molar-refractivity contribution in [3.05, 3.63) is 77.6 Å². The van der Waals surface area contributed by atoms with Crippen LogP contribution in [0.5, 0.6) is 0 Å². The molecule has 2 amide bonds. The Morgan fingerprint density at radius 3 is 2.54 bits per heavy atom. The number of hydrogen-bond donors (Lipinski definition) is 3. The number of allylic oxidation sites excluding steroid dienone is 2. The molecule has 1 aromatic heterocycles. The van der Waals surface area contributed by atoms with Crippen LogP contribution >= 0.6 is 0 Å². The van der Waals surface area contributed by atoms with Gasteiger partial charge in [-0.05, 0) is 49.1 Å². The van der Waals surface area contributed by atoms with Gasteiger partial charge in [0.15, 0.2) is 0 Å². The second-order valence-electron chi connectivity index (χ2n) is 9.42. The molecule has 1 fully saturated rings. The van der Waals surface area contributed by atoms with Crippen molar-refractivity contribution >= 4 is 34.1 Å². The Labute approximate surface area is 224 Å². The number of alkyl halides is 3. The van der Waals surface area contributed by atoms with Gasteiger partial charge < -0.3 is 20.9 Å². The quantitative estimate of drug-likeness (QED) is 0.356. The minimum absolute atomic E-state index is 0.0386. The highest BCUT2D eigenvalue weighted by Crippen LogP contribution is 2.36. The maximum Gasteiger partial charge on any atom is 0.416 e. The van der Waals surface area contributed by atoms with Crippen LogP contribution in [0.1, 0.15) is 37.8 Å². The van der Waals surface area contributed by atoms with Gasteiger partial charge in [0.05, 0.1) is 11.3 Å². The molecule has 4 N–H and O–H groups in total. The van der Waals surface area contributed by atoms with Crippen LogP contribution in [0.15, 0.2) is 71.5 Å². The molecule has 3 aromatic rings. The lowest BCUT2D eigenvalue weighted by Gasteiger charge is -2.12. The number of rotatable bonds is 8. The van der Waals surface area contributed by atoms with Crippen LogP contribution < -0.4 is 16.4 Å². The number of hydrogen-bond acceptors (Lipinski definition) is 4. The highest BCUT2D eigenvalue weighted by molar-refractivity contribution is 6.43. The molecule has 4 rings (SSSR count). The van der Waals surface area contributed by atoms with Crippen LogP contribution in [-0.2, 0) is 22.8 Å². The zero-order valence-corrected chi connectivity index (χ0v) is 21.9. The van der Waals surface area contributed by atoms with Crippen molar-refractivity contribution in [1.82, 2.24) is 15.2 Å². The average molecular weight is 538 g/mol. The summed E-state index contributed by atoms with van der Waals surface area (Å²) in [6.45, 7) is 4.28. The molecule has 1 aliphatic rings. The first kappa shape index (κ1) is 27.7. The van der Waals surface area contributed by atoms with E-state index in [9.17, 15) is 22.8 Å². The van der Waals surface area contributed by atoms with Crippen LogP contribution in [0, 0.1) is 0 Å². The number of amides is 2. The van der Waals surface area contributed by atoms with Crippen molar-refractivity contribution in [3.63, 3.8) is 0 Å². The molecular weight excluding hydrogens is 507 g/mol. The van der Waals surface area contributed by atoms with Gasteiger partial charge in [-0.2, -0.15) is 13.2 Å². The van der Waals surface area contributed by atoms with Gasteiger partial charge in [-0.25, -0.2) is 4.99 Å². The largest absolute Gasteiger partial charge is 0.416 e. The standard InChI is InChI=1S/C29H30F3N5O2/c1-4-5-23(36-25(27(33)38)14-17(2)35-24-12-13-34-28(24)39)19-8-6-18(7-9-19)22-16-37(3)26-15-20(29(30,31)32)10-11-21(22)26/h5-11,14-16,24,35H,4,12-13H2,1-3H3,(H2,33,38)(H,34,39)/b17-14+,23-5+,36-25-/t24-/m0/s1. The predicted octanol–water partition coefficient (Wildman–Crippen LogP) is 4.92. The predicted molar refractivity (Wildman–Crippen MR) is 147 cm³/mol. The fraction of sp³-hybridized carbons (Fsp3) is 0.276. The third-order valence-electron chi connectivity index (χ3n) is 6.50. The molecule has 0 bridgehead atoms. The van der Waals surface area contributed by atoms with E-state index in [4.69, 9.17) is 5.73 Å². The summed E-state index contributed by atoms with van der Waals surface area (Å²) in [5, 5.41) is 6.55. The zero-order valence-electron chi connectivity index (χ0n) is 21.9. The SMILES string of the molecule is CC/C=C(/N=C(/C=C(\C)N[C@H]1CCNC1=O)C(N)=O)c1ccc(-c2cn(C)c3cc(C(F)(F)F)ccc23)cc1. The number of nitrogens with two attached hydrogens (primary N) is 1. The molecular formula is C29H30F3N5O2. The van der Waals surface area contributed by atoms with Crippen LogP contribution in [0.2, 0.25) is 0 Å². The van der Waals surface area contributed by atoms with Crippen LogP contribution in [0.25, 0.3) is 27.7 Å². The molecule has 204 valence electrons. The smallest absolute Gasteiger partial charge is 0.377 e. The number of carbonyl (C=O) groups is 2. The third kappa shape index (κ3) is 6.22. The molecule has 2 aromatic carbocycles. The minimum Gasteiger partial charge on any atom is -0.377 e. The summed E-state index contributed by atoms with van der Waals surface area (Å²) in [4.78, 5) is 28.6. The number of aliphatic imine (C=N–C) groups is 1. The van der Waals surface area contributed by atoms with Crippen LogP contribution in [0.3, 0.4) is 0 Å². The zero-order chi connectivity index (χ0) is 28.3. The second-order valence-corrected chi connectivity index (χ2v) is 9.42. The summed E-state index contributed by atoms with van der Waals surface area (Å²) in [5.74, 6) is -0.807.